The molecule has 0 bridgehead atoms. The van der Waals surface area contributed by atoms with Gasteiger partial charge in [-0.05, 0) is 30.3 Å². The zero-order valence-electron chi connectivity index (χ0n) is 13.2. The van der Waals surface area contributed by atoms with Gasteiger partial charge in [0, 0.05) is 5.56 Å². The van der Waals surface area contributed by atoms with Crippen LogP contribution in [0.4, 0.5) is 10.1 Å². The maximum Gasteiger partial charge on any atom is 0.277 e. The van der Waals surface area contributed by atoms with E-state index >= 15 is 0 Å². The molecular weight excluding hydrogens is 345 g/mol. The molecule has 6 nitrogen and oxygen atoms in total. The molecule has 1 N–H and O–H groups in total. The van der Waals surface area contributed by atoms with Crippen LogP contribution in [-0.4, -0.2) is 29.0 Å². The number of anilines is 1. The number of halogens is 1. The van der Waals surface area contributed by atoms with Gasteiger partial charge in [0.25, 0.3) is 5.22 Å². The highest BCUT2D eigenvalue weighted by molar-refractivity contribution is 7.99. The van der Waals surface area contributed by atoms with Gasteiger partial charge in [-0.1, -0.05) is 30.0 Å². The molecule has 0 fully saturated rings. The van der Waals surface area contributed by atoms with Crippen LogP contribution >= 0.6 is 11.8 Å². The first-order valence-electron chi connectivity index (χ1n) is 7.31. The van der Waals surface area contributed by atoms with Crippen molar-refractivity contribution in [3.05, 3.63) is 54.3 Å². The van der Waals surface area contributed by atoms with Crippen LogP contribution in [0.5, 0.6) is 5.75 Å². The summed E-state index contributed by atoms with van der Waals surface area (Å²) in [4.78, 5) is 11.9. The Morgan fingerprint density at radius 3 is 2.88 bits per heavy atom. The van der Waals surface area contributed by atoms with Gasteiger partial charge in [0.2, 0.25) is 11.8 Å². The number of benzene rings is 2. The number of aromatic nitrogens is 2. The van der Waals surface area contributed by atoms with Crippen LogP contribution in [-0.2, 0) is 4.79 Å². The average Bonchev–Trinajstić information content (AvgIpc) is 3.11. The van der Waals surface area contributed by atoms with Gasteiger partial charge in [-0.25, -0.2) is 4.39 Å². The maximum absolute atomic E-state index is 13.5. The third-order valence-corrected chi connectivity index (χ3v) is 4.02. The first-order chi connectivity index (χ1) is 12.2. The largest absolute Gasteiger partial charge is 0.497 e. The van der Waals surface area contributed by atoms with Crippen molar-refractivity contribution < 1.29 is 18.3 Å². The molecule has 3 rings (SSSR count). The Hall–Kier alpha value is -2.87. The molecule has 0 aliphatic rings. The summed E-state index contributed by atoms with van der Waals surface area (Å²) in [5.41, 5.74) is 0.852. The summed E-state index contributed by atoms with van der Waals surface area (Å²) >= 11 is 1.07. The first kappa shape index (κ1) is 17.0. The number of thioether (sulfide) groups is 1. The molecule has 0 radical (unpaired) electrons. The van der Waals surface area contributed by atoms with Crippen LogP contribution in [0.15, 0.2) is 58.2 Å². The summed E-state index contributed by atoms with van der Waals surface area (Å²) in [6, 6.07) is 13.2. The lowest BCUT2D eigenvalue weighted by Gasteiger charge is -2.04. The molecule has 8 heteroatoms. The highest BCUT2D eigenvalue weighted by Gasteiger charge is 2.12. The highest BCUT2D eigenvalue weighted by atomic mass is 32.2. The molecular formula is C17H14FN3O3S. The molecule has 128 valence electrons. The second-order valence-electron chi connectivity index (χ2n) is 4.92. The van der Waals surface area contributed by atoms with Gasteiger partial charge >= 0.3 is 0 Å². The zero-order chi connectivity index (χ0) is 17.6. The number of hydrogen-bond acceptors (Lipinski definition) is 6. The van der Waals surface area contributed by atoms with Gasteiger partial charge < -0.3 is 14.5 Å². The lowest BCUT2D eigenvalue weighted by Crippen LogP contribution is -2.14. The van der Waals surface area contributed by atoms with Crippen LogP contribution < -0.4 is 10.1 Å². The van der Waals surface area contributed by atoms with Crippen LogP contribution in [0, 0.1) is 5.82 Å². The number of ether oxygens (including phenoxy) is 1. The number of carbonyl (C=O) groups is 1. The Bertz CT molecular complexity index is 885. The van der Waals surface area contributed by atoms with Gasteiger partial charge in [0.15, 0.2) is 0 Å². The molecule has 1 heterocycles. The summed E-state index contributed by atoms with van der Waals surface area (Å²) in [6.07, 6.45) is 0. The Morgan fingerprint density at radius 2 is 2.08 bits per heavy atom. The maximum atomic E-state index is 13.5. The number of methoxy groups -OCH3 is 1. The number of nitrogens with one attached hydrogen (secondary N) is 1. The quantitative estimate of drug-likeness (QED) is 0.678. The normalized spacial score (nSPS) is 10.5. The van der Waals surface area contributed by atoms with Crippen molar-refractivity contribution in [3.8, 4) is 17.2 Å². The summed E-state index contributed by atoms with van der Waals surface area (Å²) in [6.45, 7) is 0. The number of amides is 1. The van der Waals surface area contributed by atoms with Crippen LogP contribution in [0.2, 0.25) is 0 Å². The van der Waals surface area contributed by atoms with Gasteiger partial charge in [0.05, 0.1) is 18.6 Å². The lowest BCUT2D eigenvalue weighted by molar-refractivity contribution is -0.113. The van der Waals surface area contributed by atoms with Gasteiger partial charge in [0.1, 0.15) is 11.6 Å². The fraction of sp³-hybridized carbons (Fsp3) is 0.118. The number of carbonyl (C=O) groups excluding carboxylic acids is 1. The first-order valence-corrected chi connectivity index (χ1v) is 8.29. The van der Waals surface area contributed by atoms with Crippen molar-refractivity contribution in [2.45, 2.75) is 5.22 Å². The molecule has 3 aromatic rings. The van der Waals surface area contributed by atoms with Gasteiger partial charge in [-0.3, -0.25) is 4.79 Å². The van der Waals surface area contributed by atoms with E-state index in [1.165, 1.54) is 12.1 Å². The number of nitrogens with zero attached hydrogens (tertiary/aromatic N) is 2. The highest BCUT2D eigenvalue weighted by Crippen LogP contribution is 2.26. The zero-order valence-corrected chi connectivity index (χ0v) is 14.0. The van der Waals surface area contributed by atoms with Gasteiger partial charge in [-0.15, -0.1) is 10.2 Å². The predicted molar refractivity (Wildman–Crippen MR) is 92.0 cm³/mol. The predicted octanol–water partition coefficient (Wildman–Crippen LogP) is 3.62. The van der Waals surface area contributed by atoms with Crippen LogP contribution in [0.1, 0.15) is 0 Å². The number of hydrogen-bond donors (Lipinski definition) is 1. The van der Waals surface area contributed by atoms with E-state index in [0.29, 0.717) is 11.6 Å². The third kappa shape index (κ3) is 4.36. The van der Waals surface area contributed by atoms with Crippen molar-refractivity contribution in [2.24, 2.45) is 0 Å². The lowest BCUT2D eigenvalue weighted by atomic mass is 10.2. The molecule has 0 aliphatic heterocycles. The van der Waals surface area contributed by atoms with Crippen molar-refractivity contribution >= 4 is 23.4 Å². The standard InChI is InChI=1S/C17H14FN3O3S/c1-23-12-6-4-5-11(9-12)16-20-21-17(24-16)25-10-15(22)19-14-8-3-2-7-13(14)18/h2-9H,10H2,1H3,(H,19,22). The molecule has 0 saturated carbocycles. The van der Waals surface area contributed by atoms with Crippen molar-refractivity contribution in [3.63, 3.8) is 0 Å². The molecule has 1 amide bonds. The van der Waals surface area contributed by atoms with Crippen molar-refractivity contribution in [2.75, 3.05) is 18.2 Å². The van der Waals surface area contributed by atoms with E-state index in [9.17, 15) is 9.18 Å². The van der Waals surface area contributed by atoms with E-state index in [0.717, 1.165) is 17.3 Å². The Labute approximate surface area is 147 Å². The van der Waals surface area contributed by atoms with E-state index < -0.39 is 5.82 Å². The van der Waals surface area contributed by atoms with E-state index in [1.807, 2.05) is 18.2 Å². The van der Waals surface area contributed by atoms with E-state index in [-0.39, 0.29) is 22.6 Å². The summed E-state index contributed by atoms with van der Waals surface area (Å²) in [5.74, 6) is 0.175. The molecule has 1 aromatic heterocycles. The molecule has 0 aliphatic carbocycles. The molecule has 0 spiro atoms. The minimum Gasteiger partial charge on any atom is -0.497 e. The van der Waals surface area contributed by atoms with E-state index in [2.05, 4.69) is 15.5 Å². The summed E-state index contributed by atoms with van der Waals surface area (Å²) in [5, 5.41) is 10.6. The Balaban J connectivity index is 1.60. The fourth-order valence-corrected chi connectivity index (χ4v) is 2.58. The minimum absolute atomic E-state index is 0.0219. The molecule has 25 heavy (non-hydrogen) atoms. The Kier molecular flexibility index (Phi) is 5.30. The van der Waals surface area contributed by atoms with E-state index in [4.69, 9.17) is 9.15 Å². The Morgan fingerprint density at radius 1 is 1.24 bits per heavy atom. The topological polar surface area (TPSA) is 77.2 Å². The van der Waals surface area contributed by atoms with Crippen LogP contribution in [0.3, 0.4) is 0 Å². The molecule has 0 atom stereocenters. The monoisotopic (exact) mass is 359 g/mol. The average molecular weight is 359 g/mol. The van der Waals surface area contributed by atoms with Gasteiger partial charge in [-0.2, -0.15) is 0 Å². The summed E-state index contributed by atoms with van der Waals surface area (Å²) < 4.78 is 24.2. The second-order valence-corrected chi connectivity index (χ2v) is 5.85. The molecule has 0 unspecified atom stereocenters. The number of para-hydroxylation sites is 1. The van der Waals surface area contributed by atoms with Crippen LogP contribution in [0.25, 0.3) is 11.5 Å². The number of rotatable bonds is 6. The molecule has 0 saturated heterocycles. The SMILES string of the molecule is COc1cccc(-c2nnc(SCC(=O)Nc3ccccc3F)o2)c1. The third-order valence-electron chi connectivity index (χ3n) is 3.20. The second kappa shape index (κ2) is 7.80. The van der Waals surface area contributed by atoms with Crippen molar-refractivity contribution in [1.29, 1.82) is 0 Å². The van der Waals surface area contributed by atoms with E-state index in [1.54, 1.807) is 25.3 Å². The molecule has 2 aromatic carbocycles. The smallest absolute Gasteiger partial charge is 0.277 e. The summed E-state index contributed by atoms with van der Waals surface area (Å²) in [7, 11) is 1.57. The minimum atomic E-state index is -0.487. The van der Waals surface area contributed by atoms with Crippen molar-refractivity contribution in [1.82, 2.24) is 10.2 Å². The fourth-order valence-electron chi connectivity index (χ4n) is 2.02.